The van der Waals surface area contributed by atoms with E-state index in [2.05, 4.69) is 167 Å². The summed E-state index contributed by atoms with van der Waals surface area (Å²) in [5.74, 6) is 0. The van der Waals surface area contributed by atoms with Crippen LogP contribution in [0, 0.1) is 32.9 Å². The molecule has 0 nitrogen and oxygen atoms in total. The van der Waals surface area contributed by atoms with Gasteiger partial charge in [-0.1, -0.05) is 102 Å². The van der Waals surface area contributed by atoms with Crippen molar-refractivity contribution in [3.63, 3.8) is 0 Å². The van der Waals surface area contributed by atoms with E-state index in [1.54, 1.807) is 0 Å². The maximum atomic E-state index is 3.06. The monoisotopic (exact) mass is 842 g/mol. The fraction of sp³-hybridized carbons (Fsp3) is 0.0588. The minimum absolute atomic E-state index is 0. The van der Waals surface area contributed by atoms with E-state index < -0.39 is 0 Å². The summed E-state index contributed by atoms with van der Waals surface area (Å²) in [5, 5.41) is 13.4. The second-order valence-electron chi connectivity index (χ2n) is 13.0. The number of aryl methyl sites for hydroxylation is 3. The molecule has 0 saturated carbocycles. The van der Waals surface area contributed by atoms with E-state index in [0.717, 1.165) is 0 Å². The van der Waals surface area contributed by atoms with Crippen LogP contribution in [0.25, 0.3) is 65.0 Å². The molecule has 0 amide bonds. The molecule has 0 bridgehead atoms. The quantitative estimate of drug-likeness (QED) is 0.0877. The molecule has 0 aliphatic heterocycles. The third-order valence-electron chi connectivity index (χ3n) is 9.29. The molecule has 10 rings (SSSR count). The van der Waals surface area contributed by atoms with Crippen LogP contribution in [0.4, 0.5) is 0 Å². The van der Waals surface area contributed by atoms with Crippen molar-refractivity contribution in [3.8, 4) is 11.1 Å². The molecule has 0 saturated heterocycles. The zero-order valence-corrected chi connectivity index (χ0v) is 36.3. The molecule has 272 valence electrons. The average molecular weight is 845 g/mol. The third-order valence-corrected chi connectivity index (χ3v) is 9.29. The van der Waals surface area contributed by atoms with Crippen LogP contribution in [0.3, 0.4) is 0 Å². The Morgan fingerprint density at radius 3 is 1.51 bits per heavy atom. The molecular weight excluding hydrogens is 803 g/mol. The summed E-state index contributed by atoms with van der Waals surface area (Å²) in [6, 6.07) is 71.4. The minimum Gasteiger partial charge on any atom is -0.184 e. The molecule has 0 fully saturated rings. The van der Waals surface area contributed by atoms with Crippen molar-refractivity contribution >= 4 is 85.6 Å². The smallest absolute Gasteiger partial charge is 0.171 e. The van der Waals surface area contributed by atoms with Gasteiger partial charge in [0.1, 0.15) is 0 Å². The van der Waals surface area contributed by atoms with Crippen molar-refractivity contribution in [2.45, 2.75) is 20.8 Å². The van der Waals surface area contributed by atoms with Gasteiger partial charge in [0.25, 0.3) is 0 Å². The van der Waals surface area contributed by atoms with E-state index in [0.29, 0.717) is 0 Å². The molecule has 2 radical (unpaired) electrons. The largest absolute Gasteiger partial charge is 0.184 e. The van der Waals surface area contributed by atoms with Gasteiger partial charge < -0.3 is 0 Å². The number of benzene rings is 8. The van der Waals surface area contributed by atoms with Crippen LogP contribution in [0.15, 0.2) is 188 Å². The van der Waals surface area contributed by atoms with Crippen LogP contribution in [0.5, 0.6) is 0 Å². The van der Waals surface area contributed by atoms with Gasteiger partial charge in [-0.15, -0.1) is 93.5 Å². The second kappa shape index (κ2) is 21.5. The Labute approximate surface area is 355 Å². The first-order valence-electron chi connectivity index (χ1n) is 17.8. The normalized spacial score (nSPS) is 9.93. The average Bonchev–Trinajstić information content (AvgIpc) is 3.79. The summed E-state index contributed by atoms with van der Waals surface area (Å²) >= 11 is 1.36. The first-order valence-corrected chi connectivity index (χ1v) is 21.9. The summed E-state index contributed by atoms with van der Waals surface area (Å²) < 4.78 is 0. The first-order chi connectivity index (χ1) is 26.1. The fourth-order valence-corrected chi connectivity index (χ4v) is 6.89. The molecule has 0 aliphatic carbocycles. The topological polar surface area (TPSA) is 0 Å². The van der Waals surface area contributed by atoms with Gasteiger partial charge >= 0.3 is 30.2 Å². The van der Waals surface area contributed by atoms with Gasteiger partial charge in [-0.3, -0.25) is 0 Å². The number of halogens is 2. The Morgan fingerprint density at radius 1 is 0.455 bits per heavy atom. The first kappa shape index (κ1) is 43.2. The van der Waals surface area contributed by atoms with Gasteiger partial charge in [-0.2, -0.15) is 84.4 Å². The number of hydrogen-bond acceptors (Lipinski definition) is 0. The molecule has 0 heterocycles. The molecule has 0 aliphatic rings. The molecule has 4 heteroatoms. The zero-order chi connectivity index (χ0) is 37.0. The zero-order valence-electron chi connectivity index (χ0n) is 31.2. The number of rotatable bonds is 1. The molecular formula is C51H42Cl2SiZr-4. The minimum atomic E-state index is 0. The van der Waals surface area contributed by atoms with Crippen molar-refractivity contribution in [2.75, 3.05) is 0 Å². The summed E-state index contributed by atoms with van der Waals surface area (Å²) in [4.78, 5) is 0. The van der Waals surface area contributed by atoms with E-state index in [1.165, 1.54) is 105 Å². The number of fused-ring (bicyclic) bond motifs is 7. The van der Waals surface area contributed by atoms with Crippen LogP contribution in [-0.2, 0) is 23.3 Å². The molecule has 10 aromatic rings. The van der Waals surface area contributed by atoms with Crippen LogP contribution in [0.2, 0.25) is 0 Å². The van der Waals surface area contributed by atoms with Gasteiger partial charge in [0.2, 0.25) is 0 Å². The Bertz CT molecular complexity index is 2550. The molecule has 0 atom stereocenters. The van der Waals surface area contributed by atoms with Crippen molar-refractivity contribution in [1.82, 2.24) is 0 Å². The molecule has 10 aromatic carbocycles. The van der Waals surface area contributed by atoms with Crippen LogP contribution in [0.1, 0.15) is 16.7 Å². The van der Waals surface area contributed by atoms with Gasteiger partial charge in [-0.05, 0) is 47.0 Å². The van der Waals surface area contributed by atoms with E-state index in [1.807, 2.05) is 60.7 Å². The summed E-state index contributed by atoms with van der Waals surface area (Å²) in [7, 11) is 0. The summed E-state index contributed by atoms with van der Waals surface area (Å²) in [5.41, 5.74) is 6.66. The number of hydrogen-bond donors (Lipinski definition) is 0. The van der Waals surface area contributed by atoms with Crippen molar-refractivity contribution < 1.29 is 23.3 Å². The Kier molecular flexibility index (Phi) is 16.9. The molecule has 55 heavy (non-hydrogen) atoms. The summed E-state index contributed by atoms with van der Waals surface area (Å²) in [6.07, 6.45) is 0. The van der Waals surface area contributed by atoms with Gasteiger partial charge in [-0.25, -0.2) is 0 Å². The Morgan fingerprint density at radius 2 is 0.982 bits per heavy atom. The molecule has 0 unspecified atom stereocenters. The van der Waals surface area contributed by atoms with Crippen LogP contribution < -0.4 is 0 Å². The van der Waals surface area contributed by atoms with Crippen molar-refractivity contribution in [3.05, 3.63) is 217 Å². The molecule has 0 spiro atoms. The van der Waals surface area contributed by atoms with E-state index in [9.17, 15) is 0 Å². The fourth-order valence-electron chi connectivity index (χ4n) is 6.89. The predicted molar refractivity (Wildman–Crippen MR) is 242 cm³/mol. The standard InChI is InChI=1S/C24H17.C15H13.2C6H5.2ClH.Si.Zr/c1-16-13-14-17-8-6-12-22(24(16)17)23-15-18-7-2-3-9-19(18)20-10-4-5-11-21(20)23;1-10-3-5-14-12(7-10)9-13-8-11(2)4-6-15(13)14;2*1-2-4-6-5-3-1;;;;/h2-15H,1H3;3-9H,1-2H3;2*1-5H;2*1H;;/q4*-1;;;;. The van der Waals surface area contributed by atoms with E-state index in [-0.39, 0.29) is 24.8 Å². The van der Waals surface area contributed by atoms with Gasteiger partial charge in [0, 0.05) is 0 Å². The Balaban J connectivity index is 0.000000185. The van der Waals surface area contributed by atoms with E-state index >= 15 is 0 Å². The SMILES string of the molecule is Cc1c[cH-]c2cccc(-c3cc4ccccc4c4ccccc34)c12.Cc1ccc2c(c1)[cH-]c1cc(C)ccc12.Cl.Cl.[Si]=[Zr].[c-]1ccccc1.[c-]1ccccc1. The van der Waals surface area contributed by atoms with E-state index in [4.69, 9.17) is 0 Å². The molecule has 0 N–H and O–H groups in total. The maximum absolute atomic E-state index is 3.06. The maximum Gasteiger partial charge on any atom is -0.171 e. The second-order valence-corrected chi connectivity index (χ2v) is 13.0. The van der Waals surface area contributed by atoms with Crippen LogP contribution in [-0.4, -0.2) is 6.88 Å². The van der Waals surface area contributed by atoms with Gasteiger partial charge in [0.15, 0.2) is 0 Å². The Hall–Kier alpha value is -4.56. The molecule has 0 aromatic heterocycles. The third kappa shape index (κ3) is 10.6. The summed E-state index contributed by atoms with van der Waals surface area (Å²) in [6.45, 7) is 9.55. The van der Waals surface area contributed by atoms with Crippen molar-refractivity contribution in [2.24, 2.45) is 0 Å². The van der Waals surface area contributed by atoms with Crippen LogP contribution >= 0.6 is 24.8 Å². The van der Waals surface area contributed by atoms with Gasteiger partial charge in [0.05, 0.1) is 0 Å². The predicted octanol–water partition coefficient (Wildman–Crippen LogP) is 14.6. The van der Waals surface area contributed by atoms with Crippen molar-refractivity contribution in [1.29, 1.82) is 0 Å².